The van der Waals surface area contributed by atoms with Crippen LogP contribution < -0.4 is 30.3 Å². The number of nitrogen functional groups attached to an aromatic ring is 1. The first kappa shape index (κ1) is 34.9. The van der Waals surface area contributed by atoms with E-state index < -0.39 is 29.7 Å². The number of nitrogens with two attached hydrogens (primary N) is 1. The van der Waals surface area contributed by atoms with Gasteiger partial charge in [0.15, 0.2) is 0 Å². The number of methoxy groups -OCH3 is 2. The minimum absolute atomic E-state index is 0.0812. The van der Waals surface area contributed by atoms with Crippen molar-refractivity contribution in [3.63, 3.8) is 0 Å². The Morgan fingerprint density at radius 1 is 0.811 bits per heavy atom. The molecule has 2 aromatic carbocycles. The monoisotopic (exact) mass is 724 g/mol. The summed E-state index contributed by atoms with van der Waals surface area (Å²) in [6.07, 6.45) is 10.6. The summed E-state index contributed by atoms with van der Waals surface area (Å²) < 4.78 is 13.2. The van der Waals surface area contributed by atoms with Gasteiger partial charge in [0.1, 0.15) is 17.5 Å². The second kappa shape index (κ2) is 13.7. The Kier molecular flexibility index (Phi) is 9.04. The molecule has 0 bridgehead atoms. The van der Waals surface area contributed by atoms with Crippen LogP contribution in [0.25, 0.3) is 11.1 Å². The molecule has 0 aliphatic carbocycles. The van der Waals surface area contributed by atoms with E-state index in [2.05, 4.69) is 31.2 Å². The lowest BCUT2D eigenvalue weighted by atomic mass is 9.72. The molecule has 280 valence electrons. The smallest absolute Gasteiger partial charge is 0.262 e. The molecule has 1 atom stereocenters. The molecule has 5 aliphatic rings. The van der Waals surface area contributed by atoms with Gasteiger partial charge < -0.3 is 29.9 Å². The summed E-state index contributed by atoms with van der Waals surface area (Å²) in [6.45, 7) is 5.66. The normalized spacial score (nSPS) is 22.4. The summed E-state index contributed by atoms with van der Waals surface area (Å²) in [5.74, 6) is -0.812. The van der Waals surface area contributed by atoms with Gasteiger partial charge in [0.2, 0.25) is 11.8 Å². The van der Waals surface area contributed by atoms with Crippen LogP contribution in [-0.4, -0.2) is 109 Å². The largest absolute Gasteiger partial charge is 0.495 e. The van der Waals surface area contributed by atoms with Crippen LogP contribution in [0.4, 0.5) is 17.1 Å². The van der Waals surface area contributed by atoms with Crippen molar-refractivity contribution in [1.29, 1.82) is 0 Å². The van der Waals surface area contributed by atoms with E-state index in [1.165, 1.54) is 0 Å². The third kappa shape index (κ3) is 6.26. The minimum Gasteiger partial charge on any atom is -0.495 e. The van der Waals surface area contributed by atoms with Gasteiger partial charge in [-0.05, 0) is 81.6 Å². The number of fused-ring (bicyclic) bond motifs is 1. The molecule has 0 radical (unpaired) electrons. The number of nitrogens with one attached hydrogen (secondary N) is 1. The summed E-state index contributed by atoms with van der Waals surface area (Å²) in [6, 6.07) is 7.01. The van der Waals surface area contributed by atoms with Gasteiger partial charge >= 0.3 is 0 Å². The van der Waals surface area contributed by atoms with Crippen LogP contribution in [0.15, 0.2) is 36.7 Å². The lowest BCUT2D eigenvalue weighted by molar-refractivity contribution is -0.136. The van der Waals surface area contributed by atoms with Gasteiger partial charge in [-0.15, -0.1) is 0 Å². The molecule has 1 unspecified atom stereocenters. The van der Waals surface area contributed by atoms with E-state index in [1.807, 2.05) is 30.2 Å². The predicted molar refractivity (Wildman–Crippen MR) is 199 cm³/mol. The van der Waals surface area contributed by atoms with Gasteiger partial charge in [-0.3, -0.25) is 34.1 Å². The number of carbonyl (C=O) groups excluding carboxylic acids is 4. The van der Waals surface area contributed by atoms with E-state index >= 15 is 0 Å². The van der Waals surface area contributed by atoms with Crippen LogP contribution in [0.2, 0.25) is 0 Å². The zero-order valence-electron chi connectivity index (χ0n) is 30.7. The standard InChI is InChI=1S/C39H48N8O6/c1-43-22-24(21-41-43)26-17-29(40)33(52-2)20-31(26)45-13-7-25(8-14-45)44-15-10-39(11-16-44)9-4-12-46(23-39)32-18-27-28(19-34(32)53-3)38(51)47(37(27)50)30-5-6-35(48)42-36(30)49/h17-22,25,30H,4-16,23,40H2,1-3H3,(H,42,48,49). The van der Waals surface area contributed by atoms with E-state index in [0.717, 1.165) is 105 Å². The van der Waals surface area contributed by atoms with Crippen molar-refractivity contribution in [3.05, 3.63) is 47.8 Å². The SMILES string of the molecule is COc1cc(N2CCC(N3CCC4(CCCN(c5cc6c(cc5OC)C(=O)N(C5CCC(=O)NC5=O)C6=O)C4)CC3)CC2)c(-c2cnn(C)c2)cc1N. The maximum absolute atomic E-state index is 13.6. The zero-order chi connectivity index (χ0) is 37.0. The maximum Gasteiger partial charge on any atom is 0.262 e. The maximum atomic E-state index is 13.6. The highest BCUT2D eigenvalue weighted by Crippen LogP contribution is 2.46. The van der Waals surface area contributed by atoms with E-state index in [0.29, 0.717) is 23.2 Å². The zero-order valence-corrected chi connectivity index (χ0v) is 30.7. The van der Waals surface area contributed by atoms with Crippen molar-refractivity contribution in [1.82, 2.24) is 24.9 Å². The number of amides is 4. The van der Waals surface area contributed by atoms with Crippen molar-refractivity contribution in [2.45, 2.75) is 63.5 Å². The van der Waals surface area contributed by atoms with Crippen molar-refractivity contribution < 1.29 is 28.7 Å². The molecule has 8 rings (SSSR count). The molecule has 5 aliphatic heterocycles. The summed E-state index contributed by atoms with van der Waals surface area (Å²) in [4.78, 5) is 59.9. The number of aryl methyl sites for hydroxylation is 1. The highest BCUT2D eigenvalue weighted by Gasteiger charge is 2.46. The van der Waals surface area contributed by atoms with Crippen molar-refractivity contribution in [2.75, 3.05) is 69.0 Å². The first-order chi connectivity index (χ1) is 25.6. The fourth-order valence-electron chi connectivity index (χ4n) is 9.37. The summed E-state index contributed by atoms with van der Waals surface area (Å²) >= 11 is 0. The Labute approximate surface area is 309 Å². The van der Waals surface area contributed by atoms with Crippen LogP contribution in [-0.2, 0) is 16.6 Å². The Morgan fingerprint density at radius 2 is 1.53 bits per heavy atom. The second-order valence-electron chi connectivity index (χ2n) is 15.3. The van der Waals surface area contributed by atoms with Gasteiger partial charge in [0, 0.05) is 74.8 Å². The van der Waals surface area contributed by atoms with E-state index in [9.17, 15) is 19.2 Å². The molecule has 3 aromatic rings. The number of rotatable bonds is 7. The van der Waals surface area contributed by atoms with Crippen LogP contribution in [0.3, 0.4) is 0 Å². The van der Waals surface area contributed by atoms with Gasteiger partial charge in [-0.2, -0.15) is 5.10 Å². The average Bonchev–Trinajstić information content (AvgIpc) is 3.70. The molecule has 1 spiro atoms. The number of piperidine rings is 4. The van der Waals surface area contributed by atoms with Crippen molar-refractivity contribution >= 4 is 40.7 Å². The lowest BCUT2D eigenvalue weighted by Crippen LogP contribution is -2.54. The Balaban J connectivity index is 0.928. The second-order valence-corrected chi connectivity index (χ2v) is 15.3. The molecule has 0 saturated carbocycles. The molecular weight excluding hydrogens is 676 g/mol. The average molecular weight is 725 g/mol. The highest BCUT2D eigenvalue weighted by atomic mass is 16.5. The molecule has 14 heteroatoms. The fraction of sp³-hybridized carbons (Fsp3) is 0.513. The Bertz CT molecular complexity index is 1960. The van der Waals surface area contributed by atoms with Crippen LogP contribution in [0.1, 0.15) is 72.1 Å². The highest BCUT2D eigenvalue weighted by molar-refractivity contribution is 6.24. The number of likely N-dealkylation sites (tertiary alicyclic amines) is 1. The summed E-state index contributed by atoms with van der Waals surface area (Å²) in [5, 5.41) is 6.66. The van der Waals surface area contributed by atoms with E-state index in [1.54, 1.807) is 26.4 Å². The number of anilines is 3. The summed E-state index contributed by atoms with van der Waals surface area (Å²) in [7, 11) is 5.16. The molecule has 6 heterocycles. The van der Waals surface area contributed by atoms with Gasteiger partial charge in [-0.25, -0.2) is 0 Å². The number of hydrogen-bond acceptors (Lipinski definition) is 11. The third-order valence-corrected chi connectivity index (χ3v) is 12.3. The number of nitrogens with zero attached hydrogens (tertiary/aromatic N) is 6. The Hall–Kier alpha value is -5.11. The van der Waals surface area contributed by atoms with E-state index in [4.69, 9.17) is 15.2 Å². The van der Waals surface area contributed by atoms with Crippen molar-refractivity contribution in [3.8, 4) is 22.6 Å². The van der Waals surface area contributed by atoms with Gasteiger partial charge in [-0.1, -0.05) is 0 Å². The molecular formula is C39H48N8O6. The fourth-order valence-corrected chi connectivity index (χ4v) is 9.37. The number of carbonyl (C=O) groups is 4. The molecule has 4 saturated heterocycles. The number of aromatic nitrogens is 2. The van der Waals surface area contributed by atoms with Crippen LogP contribution >= 0.6 is 0 Å². The summed E-state index contributed by atoms with van der Waals surface area (Å²) in [5.41, 5.74) is 11.7. The first-order valence-electron chi connectivity index (χ1n) is 18.7. The molecule has 4 fully saturated rings. The topological polar surface area (TPSA) is 156 Å². The molecule has 53 heavy (non-hydrogen) atoms. The predicted octanol–water partition coefficient (Wildman–Crippen LogP) is 3.44. The van der Waals surface area contributed by atoms with Gasteiger partial charge in [0.05, 0.1) is 42.9 Å². The van der Waals surface area contributed by atoms with E-state index in [-0.39, 0.29) is 29.4 Å². The van der Waals surface area contributed by atoms with Gasteiger partial charge in [0.25, 0.3) is 11.8 Å². The minimum atomic E-state index is -1.00. The Morgan fingerprint density at radius 3 is 2.19 bits per heavy atom. The number of imide groups is 2. The third-order valence-electron chi connectivity index (χ3n) is 12.3. The first-order valence-corrected chi connectivity index (χ1v) is 18.7. The quantitative estimate of drug-likeness (QED) is 0.272. The molecule has 3 N–H and O–H groups in total. The lowest BCUT2D eigenvalue weighted by Gasteiger charge is -2.50. The molecule has 14 nitrogen and oxygen atoms in total. The number of ether oxygens (including phenoxy) is 2. The van der Waals surface area contributed by atoms with Crippen LogP contribution in [0.5, 0.6) is 11.5 Å². The number of benzene rings is 2. The molecule has 4 amide bonds. The molecule has 1 aromatic heterocycles. The number of hydrogen-bond donors (Lipinski definition) is 2. The van der Waals surface area contributed by atoms with Crippen molar-refractivity contribution in [2.24, 2.45) is 12.5 Å². The van der Waals surface area contributed by atoms with Crippen LogP contribution in [0, 0.1) is 5.41 Å².